The zero-order valence-electron chi connectivity index (χ0n) is 18.5. The standard InChI is InChI=1S/C26H37NO2/c1-5-7-10-15-22-23(25(28)29)16-18-26(20(3)4,17-8-6-2)24(22)27-19-21-13-11-9-12-14-21/h9,11-14,16,18-20,24H,5-8,10,15,17H2,1-4H3,(H,28,29). The molecule has 2 rings (SSSR count). The summed E-state index contributed by atoms with van der Waals surface area (Å²) in [7, 11) is 0. The third-order valence-corrected chi connectivity index (χ3v) is 6.24. The highest BCUT2D eigenvalue weighted by Crippen LogP contribution is 2.47. The van der Waals surface area contributed by atoms with Gasteiger partial charge >= 0.3 is 5.97 Å². The second kappa shape index (κ2) is 11.1. The average molecular weight is 396 g/mol. The lowest BCUT2D eigenvalue weighted by Crippen LogP contribution is -2.41. The first-order chi connectivity index (χ1) is 14.0. The molecule has 0 saturated carbocycles. The molecule has 2 unspecified atom stereocenters. The van der Waals surface area contributed by atoms with Gasteiger partial charge in [0.15, 0.2) is 0 Å². The highest BCUT2D eigenvalue weighted by Gasteiger charge is 2.44. The summed E-state index contributed by atoms with van der Waals surface area (Å²) in [6.45, 7) is 8.89. The average Bonchev–Trinajstić information content (AvgIpc) is 2.71. The number of carboxylic acid groups (broad SMARTS) is 1. The minimum Gasteiger partial charge on any atom is -0.478 e. The molecule has 3 heteroatoms. The molecule has 0 saturated heterocycles. The van der Waals surface area contributed by atoms with Gasteiger partial charge in [-0.2, -0.15) is 0 Å². The van der Waals surface area contributed by atoms with Crippen LogP contribution in [-0.4, -0.2) is 23.3 Å². The molecule has 1 aliphatic carbocycles. The van der Waals surface area contributed by atoms with E-state index >= 15 is 0 Å². The van der Waals surface area contributed by atoms with Crippen LogP contribution >= 0.6 is 0 Å². The number of carbonyl (C=O) groups is 1. The fraction of sp³-hybridized carbons (Fsp3) is 0.538. The molecule has 29 heavy (non-hydrogen) atoms. The third-order valence-electron chi connectivity index (χ3n) is 6.24. The predicted octanol–water partition coefficient (Wildman–Crippen LogP) is 6.84. The summed E-state index contributed by atoms with van der Waals surface area (Å²) in [5.74, 6) is -0.458. The summed E-state index contributed by atoms with van der Waals surface area (Å²) in [6, 6.07) is 9.99. The zero-order valence-corrected chi connectivity index (χ0v) is 18.5. The zero-order chi connectivity index (χ0) is 21.3. The van der Waals surface area contributed by atoms with Crippen molar-refractivity contribution >= 4 is 12.2 Å². The van der Waals surface area contributed by atoms with E-state index in [2.05, 4.69) is 33.8 Å². The molecule has 1 aromatic carbocycles. The molecule has 1 aliphatic rings. The van der Waals surface area contributed by atoms with Crippen LogP contribution in [0.4, 0.5) is 0 Å². The van der Waals surface area contributed by atoms with Crippen LogP contribution in [0, 0.1) is 11.3 Å². The number of hydrogen-bond donors (Lipinski definition) is 1. The molecule has 1 aromatic rings. The van der Waals surface area contributed by atoms with Gasteiger partial charge in [-0.1, -0.05) is 95.9 Å². The van der Waals surface area contributed by atoms with Gasteiger partial charge in [0.1, 0.15) is 0 Å². The highest BCUT2D eigenvalue weighted by molar-refractivity contribution is 5.92. The normalized spacial score (nSPS) is 22.0. The number of aliphatic imine (C=N–C) groups is 1. The van der Waals surface area contributed by atoms with Crippen LogP contribution in [0.25, 0.3) is 0 Å². The summed E-state index contributed by atoms with van der Waals surface area (Å²) >= 11 is 0. The van der Waals surface area contributed by atoms with Gasteiger partial charge in [-0.3, -0.25) is 4.99 Å². The molecular formula is C26H37NO2. The van der Waals surface area contributed by atoms with Gasteiger partial charge in [-0.15, -0.1) is 0 Å². The molecule has 2 atom stereocenters. The van der Waals surface area contributed by atoms with Crippen molar-refractivity contribution in [1.82, 2.24) is 0 Å². The molecule has 0 aliphatic heterocycles. The smallest absolute Gasteiger partial charge is 0.335 e. The van der Waals surface area contributed by atoms with Crippen molar-refractivity contribution in [2.75, 3.05) is 0 Å². The van der Waals surface area contributed by atoms with E-state index < -0.39 is 5.97 Å². The lowest BCUT2D eigenvalue weighted by molar-refractivity contribution is -0.132. The Balaban J connectivity index is 2.54. The molecule has 0 amide bonds. The first-order valence-electron chi connectivity index (χ1n) is 11.2. The Bertz CT molecular complexity index is 745. The van der Waals surface area contributed by atoms with Crippen LogP contribution in [0.1, 0.15) is 78.2 Å². The van der Waals surface area contributed by atoms with Gasteiger partial charge < -0.3 is 5.11 Å². The Morgan fingerprint density at radius 1 is 1.14 bits per heavy atom. The van der Waals surface area contributed by atoms with Crippen molar-refractivity contribution in [2.24, 2.45) is 16.3 Å². The summed E-state index contributed by atoms with van der Waals surface area (Å²) in [5.41, 5.74) is 2.37. The maximum absolute atomic E-state index is 12.1. The second-order valence-electron chi connectivity index (χ2n) is 8.50. The second-order valence-corrected chi connectivity index (χ2v) is 8.50. The Hall–Kier alpha value is -2.16. The van der Waals surface area contributed by atoms with Crippen molar-refractivity contribution < 1.29 is 9.90 Å². The summed E-state index contributed by atoms with van der Waals surface area (Å²) in [4.78, 5) is 17.1. The lowest BCUT2D eigenvalue weighted by atomic mass is 9.62. The molecule has 3 nitrogen and oxygen atoms in total. The van der Waals surface area contributed by atoms with E-state index in [4.69, 9.17) is 4.99 Å². The van der Waals surface area contributed by atoms with Crippen molar-refractivity contribution in [2.45, 2.75) is 78.7 Å². The number of aliphatic carboxylic acids is 1. The van der Waals surface area contributed by atoms with Gasteiger partial charge in [0, 0.05) is 11.6 Å². The van der Waals surface area contributed by atoms with E-state index in [-0.39, 0.29) is 11.5 Å². The first kappa shape index (κ1) is 23.1. The van der Waals surface area contributed by atoms with Gasteiger partial charge in [0.2, 0.25) is 0 Å². The fourth-order valence-corrected chi connectivity index (χ4v) is 4.38. The van der Waals surface area contributed by atoms with E-state index in [1.54, 1.807) is 0 Å². The van der Waals surface area contributed by atoms with E-state index in [1.807, 2.05) is 42.6 Å². The van der Waals surface area contributed by atoms with E-state index in [9.17, 15) is 9.90 Å². The van der Waals surface area contributed by atoms with E-state index in [0.29, 0.717) is 11.5 Å². The molecule has 0 heterocycles. The molecule has 1 N–H and O–H groups in total. The SMILES string of the molecule is CCCCCC1=C(C(=O)O)C=CC(CCCC)(C(C)C)C1N=Cc1ccccc1. The Morgan fingerprint density at radius 2 is 1.83 bits per heavy atom. The molecule has 158 valence electrons. The van der Waals surface area contributed by atoms with E-state index in [0.717, 1.165) is 56.1 Å². The number of hydrogen-bond acceptors (Lipinski definition) is 2. The lowest BCUT2D eigenvalue weighted by Gasteiger charge is -2.44. The van der Waals surface area contributed by atoms with Crippen LogP contribution in [0.3, 0.4) is 0 Å². The molecule has 0 fully saturated rings. The quantitative estimate of drug-likeness (QED) is 0.329. The molecule has 0 bridgehead atoms. The van der Waals surface area contributed by atoms with Crippen LogP contribution in [-0.2, 0) is 4.79 Å². The molecular weight excluding hydrogens is 358 g/mol. The Morgan fingerprint density at radius 3 is 2.41 bits per heavy atom. The van der Waals surface area contributed by atoms with Crippen LogP contribution < -0.4 is 0 Å². The van der Waals surface area contributed by atoms with Crippen molar-refractivity contribution in [3.8, 4) is 0 Å². The first-order valence-corrected chi connectivity index (χ1v) is 11.2. The van der Waals surface area contributed by atoms with Crippen LogP contribution in [0.5, 0.6) is 0 Å². The number of rotatable bonds is 11. The minimum atomic E-state index is -0.833. The van der Waals surface area contributed by atoms with Crippen molar-refractivity contribution in [3.63, 3.8) is 0 Å². The van der Waals surface area contributed by atoms with Crippen LogP contribution in [0.15, 0.2) is 58.6 Å². The van der Waals surface area contributed by atoms with Gasteiger partial charge in [0.25, 0.3) is 0 Å². The summed E-state index contributed by atoms with van der Waals surface area (Å²) in [5, 5.41) is 9.89. The minimum absolute atomic E-state index is 0.123. The topological polar surface area (TPSA) is 49.7 Å². The van der Waals surface area contributed by atoms with Gasteiger partial charge in [-0.25, -0.2) is 4.79 Å². The predicted molar refractivity (Wildman–Crippen MR) is 123 cm³/mol. The molecule has 0 spiro atoms. The summed E-state index contributed by atoms with van der Waals surface area (Å²) < 4.78 is 0. The summed E-state index contributed by atoms with van der Waals surface area (Å²) in [6.07, 6.45) is 13.3. The van der Waals surface area contributed by atoms with E-state index in [1.165, 1.54) is 0 Å². The maximum Gasteiger partial charge on any atom is 0.335 e. The van der Waals surface area contributed by atoms with Gasteiger partial charge in [-0.05, 0) is 36.3 Å². The van der Waals surface area contributed by atoms with Crippen molar-refractivity contribution in [1.29, 1.82) is 0 Å². The Labute approximate surface area is 176 Å². The van der Waals surface area contributed by atoms with Crippen molar-refractivity contribution in [3.05, 3.63) is 59.2 Å². The number of unbranched alkanes of at least 4 members (excludes halogenated alkanes) is 3. The fourth-order valence-electron chi connectivity index (χ4n) is 4.38. The molecule has 0 radical (unpaired) electrons. The molecule has 0 aromatic heterocycles. The largest absolute Gasteiger partial charge is 0.478 e. The Kier molecular flexibility index (Phi) is 8.88. The third kappa shape index (κ3) is 5.68. The monoisotopic (exact) mass is 395 g/mol. The van der Waals surface area contributed by atoms with Crippen LogP contribution in [0.2, 0.25) is 0 Å². The van der Waals surface area contributed by atoms with Gasteiger partial charge in [0.05, 0.1) is 11.6 Å². The highest BCUT2D eigenvalue weighted by atomic mass is 16.4. The number of benzene rings is 1. The number of nitrogens with zero attached hydrogens (tertiary/aromatic N) is 1. The number of carboxylic acids is 1. The maximum atomic E-state index is 12.1.